The summed E-state index contributed by atoms with van der Waals surface area (Å²) in [6.45, 7) is 4.53. The second-order valence-electron chi connectivity index (χ2n) is 5.45. The summed E-state index contributed by atoms with van der Waals surface area (Å²) in [5.41, 5.74) is 0.832. The summed E-state index contributed by atoms with van der Waals surface area (Å²) in [5.74, 6) is 2.72. The lowest BCUT2D eigenvalue weighted by Crippen LogP contribution is -2.35. The van der Waals surface area contributed by atoms with Gasteiger partial charge >= 0.3 is 0 Å². The lowest BCUT2D eigenvalue weighted by molar-refractivity contribution is -0.120. The fourth-order valence-corrected chi connectivity index (χ4v) is 3.91. The zero-order valence-electron chi connectivity index (χ0n) is 14.0. The van der Waals surface area contributed by atoms with Crippen molar-refractivity contribution in [3.8, 4) is 0 Å². The smallest absolute Gasteiger partial charge is 0.226 e. The number of nitrogens with one attached hydrogen (secondary N) is 1. The van der Waals surface area contributed by atoms with Gasteiger partial charge < -0.3 is 9.73 Å². The molecule has 0 aliphatic carbocycles. The maximum Gasteiger partial charge on any atom is 0.226 e. The van der Waals surface area contributed by atoms with Gasteiger partial charge in [0.05, 0.1) is 18.2 Å². The number of hydrogen-bond acceptors (Lipinski definition) is 6. The van der Waals surface area contributed by atoms with Gasteiger partial charge in [-0.3, -0.25) is 9.69 Å². The van der Waals surface area contributed by atoms with Gasteiger partial charge in [-0.1, -0.05) is 18.7 Å². The number of likely N-dealkylation sites (N-methyl/N-ethyl adjacent to an activating group) is 1. The molecule has 0 radical (unpaired) electrons. The molecule has 2 heterocycles. The van der Waals surface area contributed by atoms with Gasteiger partial charge in [-0.2, -0.15) is 0 Å². The molecule has 2 rings (SSSR count). The maximum atomic E-state index is 12.1. The highest BCUT2D eigenvalue weighted by molar-refractivity contribution is 8.00. The molecule has 0 aliphatic heterocycles. The molecule has 0 bridgehead atoms. The molecule has 1 unspecified atom stereocenters. The van der Waals surface area contributed by atoms with Crippen LogP contribution in [0.4, 0.5) is 0 Å². The molecule has 0 aliphatic rings. The van der Waals surface area contributed by atoms with Crippen LogP contribution in [-0.2, 0) is 11.2 Å². The van der Waals surface area contributed by atoms with Crippen LogP contribution in [-0.4, -0.2) is 42.2 Å². The van der Waals surface area contributed by atoms with Gasteiger partial charge in [-0.15, -0.1) is 11.3 Å². The number of nitrogens with zero attached hydrogens (tertiary/aromatic N) is 2. The molecule has 0 spiro atoms. The Balaban J connectivity index is 1.88. The third-order valence-corrected chi connectivity index (χ3v) is 5.30. The number of rotatable bonds is 8. The van der Waals surface area contributed by atoms with Crippen molar-refractivity contribution in [2.24, 2.45) is 0 Å². The van der Waals surface area contributed by atoms with Crippen LogP contribution < -0.4 is 5.32 Å². The van der Waals surface area contributed by atoms with Crippen LogP contribution in [0.2, 0.25) is 0 Å². The molecule has 2 aromatic heterocycles. The minimum absolute atomic E-state index is 0.0153. The molecule has 0 aromatic carbocycles. The summed E-state index contributed by atoms with van der Waals surface area (Å²) in [5, 5.41) is 4.93. The van der Waals surface area contributed by atoms with Crippen LogP contribution >= 0.6 is 23.1 Å². The van der Waals surface area contributed by atoms with Crippen LogP contribution in [0.3, 0.4) is 0 Å². The summed E-state index contributed by atoms with van der Waals surface area (Å²) in [6, 6.07) is 3.92. The van der Waals surface area contributed by atoms with E-state index in [0.717, 1.165) is 27.3 Å². The average molecular weight is 354 g/mol. The number of carbonyl (C=O) groups excluding carboxylic acids is 1. The van der Waals surface area contributed by atoms with E-state index in [1.165, 1.54) is 0 Å². The molecule has 126 valence electrons. The highest BCUT2D eigenvalue weighted by Gasteiger charge is 2.19. The van der Waals surface area contributed by atoms with Crippen molar-refractivity contribution in [3.63, 3.8) is 0 Å². The Hall–Kier alpha value is -1.31. The topological polar surface area (TPSA) is 58.4 Å². The predicted octanol–water partition coefficient (Wildman–Crippen LogP) is 3.12. The first-order valence-electron chi connectivity index (χ1n) is 7.56. The van der Waals surface area contributed by atoms with Crippen molar-refractivity contribution in [3.05, 3.63) is 34.7 Å². The van der Waals surface area contributed by atoms with E-state index in [-0.39, 0.29) is 11.9 Å². The number of furan rings is 1. The van der Waals surface area contributed by atoms with Crippen molar-refractivity contribution >= 4 is 29.0 Å². The molecule has 1 amide bonds. The van der Waals surface area contributed by atoms with E-state index in [0.29, 0.717) is 13.0 Å². The molecule has 1 N–H and O–H groups in total. The summed E-state index contributed by atoms with van der Waals surface area (Å²) in [6.07, 6.45) is 0.318. The predicted molar refractivity (Wildman–Crippen MR) is 95.1 cm³/mol. The fourth-order valence-electron chi connectivity index (χ4n) is 2.17. The van der Waals surface area contributed by atoms with Crippen molar-refractivity contribution < 1.29 is 9.21 Å². The molecule has 0 fully saturated rings. The number of carbonyl (C=O) groups is 1. The minimum atomic E-state index is -0.0153. The Morgan fingerprint density at radius 3 is 2.87 bits per heavy atom. The summed E-state index contributed by atoms with van der Waals surface area (Å²) in [7, 11) is 3.95. The minimum Gasteiger partial charge on any atom is -0.465 e. The first kappa shape index (κ1) is 18.0. The average Bonchev–Trinajstić information content (AvgIpc) is 3.09. The van der Waals surface area contributed by atoms with Crippen molar-refractivity contribution in [1.29, 1.82) is 0 Å². The van der Waals surface area contributed by atoms with Gasteiger partial charge in [0.2, 0.25) is 5.91 Å². The lowest BCUT2D eigenvalue weighted by Gasteiger charge is -2.22. The van der Waals surface area contributed by atoms with Gasteiger partial charge in [0, 0.05) is 11.9 Å². The second kappa shape index (κ2) is 8.52. The van der Waals surface area contributed by atoms with E-state index in [2.05, 4.69) is 17.2 Å². The first-order chi connectivity index (χ1) is 11.0. The van der Waals surface area contributed by atoms with E-state index in [1.807, 2.05) is 43.4 Å². The largest absolute Gasteiger partial charge is 0.465 e. The van der Waals surface area contributed by atoms with E-state index in [4.69, 9.17) is 4.42 Å². The lowest BCUT2D eigenvalue weighted by atomic mass is 10.2. The summed E-state index contributed by atoms with van der Waals surface area (Å²) < 4.78 is 6.70. The molecular formula is C16H23N3O2S2. The molecule has 23 heavy (non-hydrogen) atoms. The number of amides is 1. The zero-order valence-corrected chi connectivity index (χ0v) is 15.6. The Bertz CT molecular complexity index is 637. The van der Waals surface area contributed by atoms with Crippen LogP contribution in [0.1, 0.15) is 30.2 Å². The highest BCUT2D eigenvalue weighted by atomic mass is 32.2. The maximum absolute atomic E-state index is 12.1. The van der Waals surface area contributed by atoms with E-state index < -0.39 is 0 Å². The van der Waals surface area contributed by atoms with Crippen LogP contribution in [0.5, 0.6) is 0 Å². The number of aromatic nitrogens is 1. The Morgan fingerprint density at radius 2 is 2.26 bits per heavy atom. The zero-order chi connectivity index (χ0) is 16.8. The van der Waals surface area contributed by atoms with Gasteiger partial charge in [0.25, 0.3) is 0 Å². The number of thioether (sulfide) groups is 1. The van der Waals surface area contributed by atoms with Crippen LogP contribution in [0.25, 0.3) is 0 Å². The summed E-state index contributed by atoms with van der Waals surface area (Å²) >= 11 is 3.30. The third-order valence-electron chi connectivity index (χ3n) is 3.35. The Kier molecular flexibility index (Phi) is 6.68. The SMILES string of the molecule is CCSc1nc(CC(=O)NCC(c2ccc(C)o2)N(C)C)cs1. The quantitative estimate of drug-likeness (QED) is 0.739. The first-order valence-corrected chi connectivity index (χ1v) is 9.42. The van der Waals surface area contributed by atoms with Crippen molar-refractivity contribution in [1.82, 2.24) is 15.2 Å². The van der Waals surface area contributed by atoms with Gasteiger partial charge in [-0.05, 0) is 38.9 Å². The second-order valence-corrected chi connectivity index (χ2v) is 7.82. The van der Waals surface area contributed by atoms with E-state index in [9.17, 15) is 4.79 Å². The third kappa shape index (κ3) is 5.37. The summed E-state index contributed by atoms with van der Waals surface area (Å²) in [4.78, 5) is 18.6. The van der Waals surface area contributed by atoms with Gasteiger partial charge in [0.15, 0.2) is 0 Å². The van der Waals surface area contributed by atoms with Crippen LogP contribution in [0.15, 0.2) is 26.3 Å². The monoisotopic (exact) mass is 353 g/mol. The standard InChI is InChI=1S/C16H23N3O2S2/c1-5-22-16-18-12(10-23-16)8-15(20)17-9-13(19(3)4)14-7-6-11(2)21-14/h6-7,10,13H,5,8-9H2,1-4H3,(H,17,20). The number of aryl methyl sites for hydroxylation is 1. The highest BCUT2D eigenvalue weighted by Crippen LogP contribution is 2.22. The Labute approximate surface area is 145 Å². The van der Waals surface area contributed by atoms with E-state index >= 15 is 0 Å². The van der Waals surface area contributed by atoms with Crippen LogP contribution in [0, 0.1) is 6.92 Å². The van der Waals surface area contributed by atoms with Crippen molar-refractivity contribution in [2.75, 3.05) is 26.4 Å². The molecule has 0 saturated heterocycles. The molecule has 0 saturated carbocycles. The number of hydrogen-bond donors (Lipinski definition) is 1. The molecule has 5 nitrogen and oxygen atoms in total. The van der Waals surface area contributed by atoms with Gasteiger partial charge in [0.1, 0.15) is 15.9 Å². The Morgan fingerprint density at radius 1 is 1.48 bits per heavy atom. The molecule has 2 aromatic rings. The molecular weight excluding hydrogens is 330 g/mol. The molecule has 7 heteroatoms. The normalized spacial score (nSPS) is 12.6. The molecule has 1 atom stereocenters. The van der Waals surface area contributed by atoms with E-state index in [1.54, 1.807) is 23.1 Å². The van der Waals surface area contributed by atoms with Crippen molar-refractivity contribution in [2.45, 2.75) is 30.6 Å². The number of thiazole rings is 1. The fraction of sp³-hybridized carbons (Fsp3) is 0.500. The van der Waals surface area contributed by atoms with Gasteiger partial charge in [-0.25, -0.2) is 4.98 Å².